The molecule has 0 aliphatic rings. The highest BCUT2D eigenvalue weighted by molar-refractivity contribution is 4.77. The molecule has 74 valence electrons. The molecule has 1 unspecified atom stereocenters. The topological polar surface area (TPSA) is 20.2 Å². The lowest BCUT2D eigenvalue weighted by atomic mass is 9.85. The first kappa shape index (κ1) is 12.0. The molecule has 0 aliphatic heterocycles. The number of aliphatic hydroxyl groups is 1. The van der Waals surface area contributed by atoms with E-state index in [1.807, 2.05) is 0 Å². The number of hydrogen-bond acceptors (Lipinski definition) is 1. The summed E-state index contributed by atoms with van der Waals surface area (Å²) in [6.45, 7) is 8.58. The van der Waals surface area contributed by atoms with Gasteiger partial charge in [-0.3, -0.25) is 0 Å². The van der Waals surface area contributed by atoms with Gasteiger partial charge in [-0.1, -0.05) is 40.5 Å². The molecule has 0 aromatic carbocycles. The molecule has 0 aromatic heterocycles. The van der Waals surface area contributed by atoms with Crippen LogP contribution in [0, 0.1) is 5.92 Å². The average molecular weight is 172 g/mol. The lowest BCUT2D eigenvalue weighted by Crippen LogP contribution is -2.29. The molecule has 0 aromatic rings. The smallest absolute Gasteiger partial charge is 0.0645 e. The summed E-state index contributed by atoms with van der Waals surface area (Å²) in [5.74, 6) is 0.667. The van der Waals surface area contributed by atoms with Crippen LogP contribution < -0.4 is 0 Å². The summed E-state index contributed by atoms with van der Waals surface area (Å²) in [5.41, 5.74) is -0.394. The third-order valence-electron chi connectivity index (χ3n) is 2.83. The molecule has 12 heavy (non-hydrogen) atoms. The van der Waals surface area contributed by atoms with E-state index >= 15 is 0 Å². The first-order chi connectivity index (χ1) is 5.58. The Morgan fingerprint density at radius 3 is 2.00 bits per heavy atom. The summed E-state index contributed by atoms with van der Waals surface area (Å²) in [4.78, 5) is 0. The Kier molecular flexibility index (Phi) is 5.56. The maximum Gasteiger partial charge on any atom is 0.0645 e. The van der Waals surface area contributed by atoms with Crippen molar-refractivity contribution >= 4 is 0 Å². The maximum atomic E-state index is 10.0. The SMILES string of the molecule is CCCC(C)CC(O)(CC)CC. The Labute approximate surface area is 77.2 Å². The van der Waals surface area contributed by atoms with Crippen molar-refractivity contribution in [1.29, 1.82) is 0 Å². The summed E-state index contributed by atoms with van der Waals surface area (Å²) >= 11 is 0. The second kappa shape index (κ2) is 5.58. The molecular weight excluding hydrogens is 148 g/mol. The largest absolute Gasteiger partial charge is 0.390 e. The predicted molar refractivity (Wildman–Crippen MR) is 54.2 cm³/mol. The molecular formula is C11H24O. The van der Waals surface area contributed by atoms with Gasteiger partial charge >= 0.3 is 0 Å². The highest BCUT2D eigenvalue weighted by Gasteiger charge is 2.24. The predicted octanol–water partition coefficient (Wildman–Crippen LogP) is 3.36. The molecule has 0 radical (unpaired) electrons. The van der Waals surface area contributed by atoms with Gasteiger partial charge in [0.25, 0.3) is 0 Å². The molecule has 0 saturated heterocycles. The van der Waals surface area contributed by atoms with Gasteiger partial charge in [0.2, 0.25) is 0 Å². The summed E-state index contributed by atoms with van der Waals surface area (Å²) in [6.07, 6.45) is 5.20. The second-order valence-electron chi connectivity index (χ2n) is 4.03. The molecule has 1 nitrogen and oxygen atoms in total. The highest BCUT2D eigenvalue weighted by atomic mass is 16.3. The first-order valence-corrected chi connectivity index (χ1v) is 5.30. The van der Waals surface area contributed by atoms with Crippen LogP contribution in [0.2, 0.25) is 0 Å². The van der Waals surface area contributed by atoms with Gasteiger partial charge in [-0.2, -0.15) is 0 Å². The minimum Gasteiger partial charge on any atom is -0.390 e. The monoisotopic (exact) mass is 172 g/mol. The van der Waals surface area contributed by atoms with E-state index in [4.69, 9.17) is 0 Å². The molecule has 0 fully saturated rings. The Balaban J connectivity index is 3.84. The van der Waals surface area contributed by atoms with Crippen molar-refractivity contribution in [3.63, 3.8) is 0 Å². The Bertz CT molecular complexity index is 106. The molecule has 0 spiro atoms. The van der Waals surface area contributed by atoms with Crippen LogP contribution >= 0.6 is 0 Å². The van der Waals surface area contributed by atoms with E-state index < -0.39 is 5.60 Å². The zero-order chi connectivity index (χ0) is 9.61. The molecule has 0 bridgehead atoms. The van der Waals surface area contributed by atoms with Crippen molar-refractivity contribution in [3.05, 3.63) is 0 Å². The van der Waals surface area contributed by atoms with Crippen molar-refractivity contribution in [3.8, 4) is 0 Å². The Hall–Kier alpha value is -0.0400. The minimum absolute atomic E-state index is 0.394. The zero-order valence-electron chi connectivity index (χ0n) is 9.06. The van der Waals surface area contributed by atoms with Crippen LogP contribution in [-0.4, -0.2) is 10.7 Å². The molecule has 1 atom stereocenters. The molecule has 1 N–H and O–H groups in total. The number of hydrogen-bond donors (Lipinski definition) is 1. The Morgan fingerprint density at radius 1 is 1.17 bits per heavy atom. The molecule has 0 saturated carbocycles. The van der Waals surface area contributed by atoms with E-state index in [9.17, 15) is 5.11 Å². The van der Waals surface area contributed by atoms with Gasteiger partial charge in [0.1, 0.15) is 0 Å². The standard InChI is InChI=1S/C11H24O/c1-5-8-10(4)9-11(12,6-2)7-3/h10,12H,5-9H2,1-4H3. The molecule has 0 aliphatic carbocycles. The van der Waals surface area contributed by atoms with E-state index in [1.165, 1.54) is 12.8 Å². The van der Waals surface area contributed by atoms with Crippen LogP contribution in [0.25, 0.3) is 0 Å². The second-order valence-corrected chi connectivity index (χ2v) is 4.03. The van der Waals surface area contributed by atoms with E-state index in [-0.39, 0.29) is 0 Å². The van der Waals surface area contributed by atoms with Crippen LogP contribution in [0.1, 0.15) is 59.8 Å². The third kappa shape index (κ3) is 4.10. The third-order valence-corrected chi connectivity index (χ3v) is 2.83. The maximum absolute atomic E-state index is 10.0. The van der Waals surface area contributed by atoms with Crippen molar-refractivity contribution < 1.29 is 5.11 Å². The average Bonchev–Trinajstić information content (AvgIpc) is 2.05. The summed E-state index contributed by atoms with van der Waals surface area (Å²) in [6, 6.07) is 0. The van der Waals surface area contributed by atoms with Crippen LogP contribution in [-0.2, 0) is 0 Å². The Morgan fingerprint density at radius 2 is 1.67 bits per heavy atom. The van der Waals surface area contributed by atoms with E-state index in [2.05, 4.69) is 27.7 Å². The van der Waals surface area contributed by atoms with E-state index in [0.29, 0.717) is 5.92 Å². The normalized spacial score (nSPS) is 14.8. The molecule has 0 rings (SSSR count). The van der Waals surface area contributed by atoms with Crippen LogP contribution in [0.5, 0.6) is 0 Å². The summed E-state index contributed by atoms with van der Waals surface area (Å²) in [7, 11) is 0. The van der Waals surface area contributed by atoms with Crippen LogP contribution in [0.4, 0.5) is 0 Å². The van der Waals surface area contributed by atoms with Gasteiger partial charge < -0.3 is 5.11 Å². The van der Waals surface area contributed by atoms with Crippen molar-refractivity contribution in [2.75, 3.05) is 0 Å². The van der Waals surface area contributed by atoms with Crippen LogP contribution in [0.15, 0.2) is 0 Å². The van der Waals surface area contributed by atoms with Gasteiger partial charge in [0, 0.05) is 0 Å². The minimum atomic E-state index is -0.394. The zero-order valence-corrected chi connectivity index (χ0v) is 9.06. The van der Waals surface area contributed by atoms with Gasteiger partial charge in [-0.15, -0.1) is 0 Å². The van der Waals surface area contributed by atoms with E-state index in [1.54, 1.807) is 0 Å². The summed E-state index contributed by atoms with van der Waals surface area (Å²) in [5, 5.41) is 10.0. The van der Waals surface area contributed by atoms with Crippen molar-refractivity contribution in [2.24, 2.45) is 5.92 Å². The molecule has 1 heteroatoms. The lowest BCUT2D eigenvalue weighted by molar-refractivity contribution is 0.00898. The summed E-state index contributed by atoms with van der Waals surface area (Å²) < 4.78 is 0. The van der Waals surface area contributed by atoms with Crippen molar-refractivity contribution in [2.45, 2.75) is 65.4 Å². The van der Waals surface area contributed by atoms with Gasteiger partial charge in [-0.25, -0.2) is 0 Å². The quantitative estimate of drug-likeness (QED) is 0.651. The number of rotatable bonds is 6. The first-order valence-electron chi connectivity index (χ1n) is 5.30. The molecule has 0 heterocycles. The van der Waals surface area contributed by atoms with E-state index in [0.717, 1.165) is 19.3 Å². The fraction of sp³-hybridized carbons (Fsp3) is 1.00. The van der Waals surface area contributed by atoms with Gasteiger partial charge in [0.15, 0.2) is 0 Å². The lowest BCUT2D eigenvalue weighted by Gasteiger charge is -2.28. The van der Waals surface area contributed by atoms with Crippen LogP contribution in [0.3, 0.4) is 0 Å². The fourth-order valence-corrected chi connectivity index (χ4v) is 1.78. The molecule has 0 amide bonds. The fourth-order valence-electron chi connectivity index (χ4n) is 1.78. The van der Waals surface area contributed by atoms with Gasteiger partial charge in [-0.05, 0) is 25.2 Å². The van der Waals surface area contributed by atoms with Gasteiger partial charge in [0.05, 0.1) is 5.60 Å². The highest BCUT2D eigenvalue weighted by Crippen LogP contribution is 2.26. The van der Waals surface area contributed by atoms with Crippen molar-refractivity contribution in [1.82, 2.24) is 0 Å².